The minimum absolute atomic E-state index is 0.0870. The van der Waals surface area contributed by atoms with Gasteiger partial charge < -0.3 is 19.0 Å². The maximum absolute atomic E-state index is 11.2. The van der Waals surface area contributed by atoms with E-state index in [1.165, 1.54) is 15.9 Å². The first-order valence-electron chi connectivity index (χ1n) is 10.5. The van der Waals surface area contributed by atoms with Crippen LogP contribution in [0.1, 0.15) is 29.3 Å². The van der Waals surface area contributed by atoms with Crippen molar-refractivity contribution in [1.29, 1.82) is 0 Å². The fourth-order valence-corrected chi connectivity index (χ4v) is 5.76. The monoisotopic (exact) mass is 472 g/mol. The zero-order valence-electron chi connectivity index (χ0n) is 17.1. The van der Waals surface area contributed by atoms with E-state index < -0.39 is 5.79 Å². The largest absolute Gasteiger partial charge is 0.492 e. The lowest BCUT2D eigenvalue weighted by Gasteiger charge is -2.41. The van der Waals surface area contributed by atoms with Crippen LogP contribution in [-0.4, -0.2) is 56.7 Å². The number of benzene rings is 1. The van der Waals surface area contributed by atoms with Crippen LogP contribution in [0.2, 0.25) is 5.02 Å². The molecule has 3 aromatic heterocycles. The summed E-state index contributed by atoms with van der Waals surface area (Å²) < 4.78 is 18.7. The van der Waals surface area contributed by atoms with E-state index >= 15 is 0 Å². The van der Waals surface area contributed by atoms with Crippen molar-refractivity contribution in [3.63, 3.8) is 0 Å². The molecule has 1 N–H and O–H groups in total. The highest BCUT2D eigenvalue weighted by Crippen LogP contribution is 2.43. The Morgan fingerprint density at radius 3 is 2.50 bits per heavy atom. The van der Waals surface area contributed by atoms with Gasteiger partial charge in [-0.1, -0.05) is 35.1 Å². The number of aromatic hydroxyl groups is 1. The number of furan rings is 1. The minimum Gasteiger partial charge on any atom is -0.492 e. The van der Waals surface area contributed by atoms with E-state index in [2.05, 4.69) is 15.0 Å². The van der Waals surface area contributed by atoms with Crippen molar-refractivity contribution in [2.45, 2.75) is 24.7 Å². The first kappa shape index (κ1) is 20.2. The molecular formula is C22H21ClN4O4S. The van der Waals surface area contributed by atoms with E-state index in [1.54, 1.807) is 18.4 Å². The topological polar surface area (TPSA) is 85.3 Å². The molecule has 6 rings (SSSR count). The number of aromatic nitrogens is 3. The summed E-state index contributed by atoms with van der Waals surface area (Å²) in [7, 11) is 0. The fourth-order valence-electron chi connectivity index (χ4n) is 4.52. The Hall–Kier alpha value is -2.43. The van der Waals surface area contributed by atoms with Crippen LogP contribution in [0.3, 0.4) is 0 Å². The molecule has 0 radical (unpaired) electrons. The Bertz CT molecular complexity index is 1220. The van der Waals surface area contributed by atoms with Crippen LogP contribution >= 0.6 is 22.9 Å². The molecule has 0 saturated carbocycles. The van der Waals surface area contributed by atoms with Crippen LogP contribution in [0.5, 0.6) is 5.88 Å². The lowest BCUT2D eigenvalue weighted by molar-refractivity contribution is -0.187. The predicted octanol–water partition coefficient (Wildman–Crippen LogP) is 4.34. The Morgan fingerprint density at radius 2 is 1.84 bits per heavy atom. The van der Waals surface area contributed by atoms with Crippen molar-refractivity contribution >= 4 is 27.9 Å². The maximum atomic E-state index is 11.2. The van der Waals surface area contributed by atoms with Crippen molar-refractivity contribution in [2.75, 3.05) is 26.3 Å². The number of halogens is 1. The molecule has 166 valence electrons. The molecule has 1 aromatic carbocycles. The van der Waals surface area contributed by atoms with E-state index in [1.807, 2.05) is 24.3 Å². The van der Waals surface area contributed by atoms with E-state index in [4.69, 9.17) is 25.5 Å². The lowest BCUT2D eigenvalue weighted by atomic mass is 9.97. The minimum atomic E-state index is -0.466. The Balaban J connectivity index is 1.37. The van der Waals surface area contributed by atoms with Gasteiger partial charge in [-0.15, -0.1) is 5.10 Å². The summed E-state index contributed by atoms with van der Waals surface area (Å²) in [5.74, 6) is 0.631. The van der Waals surface area contributed by atoms with Crippen LogP contribution in [0, 0.1) is 0 Å². The molecule has 0 unspecified atom stereocenters. The van der Waals surface area contributed by atoms with Gasteiger partial charge in [0.05, 0.1) is 30.4 Å². The second-order valence-electron chi connectivity index (χ2n) is 7.99. The Morgan fingerprint density at radius 1 is 1.09 bits per heavy atom. The van der Waals surface area contributed by atoms with Crippen LogP contribution < -0.4 is 0 Å². The number of hydrogen-bond donors (Lipinski definition) is 1. The number of nitrogens with zero attached hydrogens (tertiary/aromatic N) is 4. The first-order chi connectivity index (χ1) is 15.6. The molecule has 2 saturated heterocycles. The molecule has 32 heavy (non-hydrogen) atoms. The third-order valence-corrected chi connectivity index (χ3v) is 7.44. The molecule has 0 amide bonds. The number of thiazole rings is 1. The standard InChI is InChI=1S/C22H21ClN4O4S/c23-15-5-3-14(4-6-15)17(26-9-7-22(8-10-26)30-12-13-31-22)18-20(28)27-21(32-18)24-19(25-27)16-2-1-11-29-16/h1-6,11,17,28H,7-10,12-13H2/t17-/m0/s1. The van der Waals surface area contributed by atoms with E-state index in [0.29, 0.717) is 34.8 Å². The molecule has 0 aliphatic carbocycles. The van der Waals surface area contributed by atoms with Crippen LogP contribution in [-0.2, 0) is 9.47 Å². The van der Waals surface area contributed by atoms with Crippen molar-refractivity contribution in [3.8, 4) is 17.5 Å². The average Bonchev–Trinajstić information content (AvgIpc) is 3.59. The molecule has 2 fully saturated rings. The summed E-state index contributed by atoms with van der Waals surface area (Å²) in [6.07, 6.45) is 3.13. The highest BCUT2D eigenvalue weighted by atomic mass is 35.5. The van der Waals surface area contributed by atoms with Gasteiger partial charge in [-0.2, -0.15) is 9.50 Å². The Labute approximate surface area is 192 Å². The summed E-state index contributed by atoms with van der Waals surface area (Å²) in [6, 6.07) is 11.2. The molecule has 0 bridgehead atoms. The van der Waals surface area contributed by atoms with Crippen LogP contribution in [0.4, 0.5) is 0 Å². The highest BCUT2D eigenvalue weighted by Gasteiger charge is 2.42. The number of ether oxygens (including phenoxy) is 2. The summed E-state index contributed by atoms with van der Waals surface area (Å²) in [5.41, 5.74) is 1.05. The zero-order valence-corrected chi connectivity index (χ0v) is 18.7. The van der Waals surface area contributed by atoms with Gasteiger partial charge in [0.15, 0.2) is 11.5 Å². The highest BCUT2D eigenvalue weighted by molar-refractivity contribution is 7.17. The molecule has 1 atom stereocenters. The van der Waals surface area contributed by atoms with Gasteiger partial charge in [-0.25, -0.2) is 0 Å². The lowest BCUT2D eigenvalue weighted by Crippen LogP contribution is -2.46. The zero-order chi connectivity index (χ0) is 21.7. The van der Waals surface area contributed by atoms with Gasteiger partial charge in [0.2, 0.25) is 16.7 Å². The number of fused-ring (bicyclic) bond motifs is 1. The first-order valence-corrected chi connectivity index (χ1v) is 11.7. The van der Waals surface area contributed by atoms with Gasteiger partial charge in [0, 0.05) is 31.0 Å². The van der Waals surface area contributed by atoms with E-state index in [0.717, 1.165) is 36.4 Å². The fraction of sp³-hybridized carbons (Fsp3) is 0.364. The van der Waals surface area contributed by atoms with Gasteiger partial charge in [0.25, 0.3) is 0 Å². The number of piperidine rings is 1. The normalized spacial score (nSPS) is 19.8. The molecule has 1 spiro atoms. The number of likely N-dealkylation sites (tertiary alicyclic amines) is 1. The van der Waals surface area contributed by atoms with Gasteiger partial charge in [-0.05, 0) is 29.8 Å². The number of hydrogen-bond acceptors (Lipinski definition) is 8. The molecule has 4 aromatic rings. The predicted molar refractivity (Wildman–Crippen MR) is 119 cm³/mol. The van der Waals surface area contributed by atoms with Gasteiger partial charge in [-0.3, -0.25) is 4.90 Å². The summed E-state index contributed by atoms with van der Waals surface area (Å²) in [5, 5.41) is 16.3. The number of rotatable bonds is 4. The van der Waals surface area contributed by atoms with Gasteiger partial charge >= 0.3 is 0 Å². The summed E-state index contributed by atoms with van der Waals surface area (Å²) in [4.78, 5) is 8.31. The summed E-state index contributed by atoms with van der Waals surface area (Å²) in [6.45, 7) is 2.84. The molecule has 8 nitrogen and oxygen atoms in total. The SMILES string of the molecule is Oc1c([C@H](c2ccc(Cl)cc2)N2CCC3(CC2)OCCO3)sc2nc(-c3ccco3)nn12. The molecule has 2 aliphatic heterocycles. The van der Waals surface area contributed by atoms with Crippen molar-refractivity contribution in [3.05, 3.63) is 58.1 Å². The van der Waals surface area contributed by atoms with E-state index in [9.17, 15) is 5.11 Å². The van der Waals surface area contributed by atoms with Crippen LogP contribution in [0.25, 0.3) is 16.5 Å². The second-order valence-corrected chi connectivity index (χ2v) is 9.44. The maximum Gasteiger partial charge on any atom is 0.230 e. The van der Waals surface area contributed by atoms with Crippen LogP contribution in [0.15, 0.2) is 47.1 Å². The quantitative estimate of drug-likeness (QED) is 0.473. The second kappa shape index (κ2) is 7.86. The Kier molecular flexibility index (Phi) is 4.96. The molecular weight excluding hydrogens is 452 g/mol. The van der Waals surface area contributed by atoms with E-state index in [-0.39, 0.29) is 11.9 Å². The van der Waals surface area contributed by atoms with Crippen molar-refractivity contribution in [1.82, 2.24) is 19.5 Å². The van der Waals surface area contributed by atoms with Crippen molar-refractivity contribution in [2.24, 2.45) is 0 Å². The summed E-state index contributed by atoms with van der Waals surface area (Å²) >= 11 is 7.58. The molecule has 5 heterocycles. The third kappa shape index (κ3) is 3.41. The molecule has 10 heteroatoms. The average molecular weight is 473 g/mol. The van der Waals surface area contributed by atoms with Crippen molar-refractivity contribution < 1.29 is 19.0 Å². The van der Waals surface area contributed by atoms with Gasteiger partial charge in [0.1, 0.15) is 0 Å². The molecule has 2 aliphatic rings. The smallest absolute Gasteiger partial charge is 0.230 e. The third-order valence-electron chi connectivity index (χ3n) is 6.11.